The number of carbonyl (C=O) groups excluding carboxylic acids is 1. The molecule has 2 N–H and O–H groups in total. The van der Waals surface area contributed by atoms with Crippen LogP contribution in [0.25, 0.3) is 0 Å². The number of nitrogens with zero attached hydrogens (tertiary/aromatic N) is 1. The van der Waals surface area contributed by atoms with Crippen LogP contribution in [0, 0.1) is 28.6 Å². The highest BCUT2D eigenvalue weighted by atomic mass is 16.1. The van der Waals surface area contributed by atoms with E-state index in [1.165, 1.54) is 0 Å². The van der Waals surface area contributed by atoms with Gasteiger partial charge in [-0.2, -0.15) is 5.26 Å². The summed E-state index contributed by atoms with van der Waals surface area (Å²) in [6.07, 6.45) is 3.32. The van der Waals surface area contributed by atoms with E-state index in [1.54, 1.807) is 0 Å². The van der Waals surface area contributed by atoms with E-state index in [-0.39, 0.29) is 17.2 Å². The zero-order chi connectivity index (χ0) is 17.3. The van der Waals surface area contributed by atoms with Gasteiger partial charge in [0.05, 0.1) is 17.9 Å². The smallest absolute Gasteiger partial charge is 0.228 e. The molecular formula is C20H28N2O. The highest BCUT2D eigenvalue weighted by Crippen LogP contribution is 2.53. The third-order valence-electron chi connectivity index (χ3n) is 5.52. The topological polar surface area (TPSA) is 66.9 Å². The molecule has 1 fully saturated rings. The van der Waals surface area contributed by atoms with Crippen LogP contribution in [0.1, 0.15) is 58.1 Å². The minimum Gasteiger partial charge on any atom is -0.369 e. The molecule has 0 bridgehead atoms. The number of nitriles is 1. The first kappa shape index (κ1) is 17.5. The molecule has 2 atom stereocenters. The van der Waals surface area contributed by atoms with E-state index < -0.39 is 5.41 Å². The Balaban J connectivity index is 2.54. The highest BCUT2D eigenvalue weighted by molar-refractivity contribution is 5.87. The lowest BCUT2D eigenvalue weighted by atomic mass is 9.53. The summed E-state index contributed by atoms with van der Waals surface area (Å²) in [4.78, 5) is 12.7. The predicted molar refractivity (Wildman–Crippen MR) is 92.6 cm³/mol. The molecule has 1 aliphatic rings. The standard InChI is InChI=1S/C20H28N2O/c1-14(2)17-9-11-19(3,4)13-20(17,18(22)23)16-7-5-15(6-8-16)10-12-21/h5-8,14,17H,9-11,13H2,1-4H3,(H2,22,23). The Morgan fingerprint density at radius 3 is 2.43 bits per heavy atom. The van der Waals surface area contributed by atoms with Crippen LogP contribution in [0.4, 0.5) is 0 Å². The maximum Gasteiger partial charge on any atom is 0.228 e. The Kier molecular flexibility index (Phi) is 4.84. The maximum absolute atomic E-state index is 12.7. The predicted octanol–water partition coefficient (Wildman–Crippen LogP) is 3.96. The third kappa shape index (κ3) is 3.27. The van der Waals surface area contributed by atoms with Gasteiger partial charge in [0.2, 0.25) is 5.91 Å². The summed E-state index contributed by atoms with van der Waals surface area (Å²) in [5.41, 5.74) is 7.47. The van der Waals surface area contributed by atoms with Crippen LogP contribution >= 0.6 is 0 Å². The average molecular weight is 312 g/mol. The van der Waals surface area contributed by atoms with Crippen LogP contribution in [-0.2, 0) is 16.6 Å². The molecule has 0 saturated heterocycles. The molecule has 2 rings (SSSR count). The zero-order valence-corrected chi connectivity index (χ0v) is 14.7. The fraction of sp³-hybridized carbons (Fsp3) is 0.600. The van der Waals surface area contributed by atoms with Gasteiger partial charge in [-0.15, -0.1) is 0 Å². The van der Waals surface area contributed by atoms with Crippen molar-refractivity contribution in [1.82, 2.24) is 0 Å². The second-order valence-corrected chi connectivity index (χ2v) is 8.10. The van der Waals surface area contributed by atoms with Crippen LogP contribution < -0.4 is 5.73 Å². The normalized spacial score (nSPS) is 26.7. The molecule has 3 heteroatoms. The highest BCUT2D eigenvalue weighted by Gasteiger charge is 2.52. The summed E-state index contributed by atoms with van der Waals surface area (Å²) in [7, 11) is 0. The van der Waals surface area contributed by atoms with Crippen molar-refractivity contribution in [2.24, 2.45) is 23.0 Å². The first-order valence-electron chi connectivity index (χ1n) is 8.49. The van der Waals surface area contributed by atoms with Crippen molar-refractivity contribution in [2.75, 3.05) is 0 Å². The second kappa shape index (κ2) is 6.35. The Labute approximate surface area is 139 Å². The number of hydrogen-bond donors (Lipinski definition) is 1. The molecule has 0 radical (unpaired) electrons. The van der Waals surface area contributed by atoms with Gasteiger partial charge in [0.25, 0.3) is 0 Å². The number of rotatable bonds is 4. The van der Waals surface area contributed by atoms with E-state index in [0.29, 0.717) is 12.3 Å². The molecule has 124 valence electrons. The molecule has 1 saturated carbocycles. The second-order valence-electron chi connectivity index (χ2n) is 8.10. The molecule has 23 heavy (non-hydrogen) atoms. The lowest BCUT2D eigenvalue weighted by Gasteiger charge is -2.50. The molecule has 3 nitrogen and oxygen atoms in total. The fourth-order valence-electron chi connectivity index (χ4n) is 4.41. The van der Waals surface area contributed by atoms with Crippen molar-refractivity contribution in [1.29, 1.82) is 5.26 Å². The van der Waals surface area contributed by atoms with E-state index in [1.807, 2.05) is 24.3 Å². The number of amides is 1. The summed E-state index contributed by atoms with van der Waals surface area (Å²) in [6, 6.07) is 10.1. The summed E-state index contributed by atoms with van der Waals surface area (Å²) >= 11 is 0. The van der Waals surface area contributed by atoms with Crippen molar-refractivity contribution in [3.05, 3.63) is 35.4 Å². The van der Waals surface area contributed by atoms with Gasteiger partial charge in [-0.1, -0.05) is 52.0 Å². The van der Waals surface area contributed by atoms with Gasteiger partial charge in [-0.3, -0.25) is 4.79 Å². The summed E-state index contributed by atoms with van der Waals surface area (Å²) < 4.78 is 0. The average Bonchev–Trinajstić information content (AvgIpc) is 2.46. The Bertz CT molecular complexity index is 610. The van der Waals surface area contributed by atoms with E-state index in [0.717, 1.165) is 30.4 Å². The van der Waals surface area contributed by atoms with Crippen molar-refractivity contribution >= 4 is 5.91 Å². The maximum atomic E-state index is 12.7. The Hall–Kier alpha value is -1.82. The summed E-state index contributed by atoms with van der Waals surface area (Å²) in [5, 5.41) is 8.84. The van der Waals surface area contributed by atoms with E-state index in [4.69, 9.17) is 11.0 Å². The minimum absolute atomic E-state index is 0.103. The summed E-state index contributed by atoms with van der Waals surface area (Å²) in [5.74, 6) is 0.448. The van der Waals surface area contributed by atoms with Crippen molar-refractivity contribution in [2.45, 2.75) is 58.8 Å². The molecule has 1 aliphatic carbocycles. The van der Waals surface area contributed by atoms with Crippen molar-refractivity contribution in [3.8, 4) is 6.07 Å². The van der Waals surface area contributed by atoms with Gasteiger partial charge in [-0.05, 0) is 47.6 Å². The number of primary amides is 1. The molecule has 0 spiro atoms. The lowest BCUT2D eigenvalue weighted by Crippen LogP contribution is -2.54. The van der Waals surface area contributed by atoms with Gasteiger partial charge in [-0.25, -0.2) is 0 Å². The zero-order valence-electron chi connectivity index (χ0n) is 14.7. The molecule has 1 aromatic rings. The minimum atomic E-state index is -0.610. The van der Waals surface area contributed by atoms with Gasteiger partial charge >= 0.3 is 0 Å². The first-order valence-corrected chi connectivity index (χ1v) is 8.49. The molecule has 0 aliphatic heterocycles. The van der Waals surface area contributed by atoms with E-state index in [9.17, 15) is 4.79 Å². The Morgan fingerprint density at radius 2 is 1.96 bits per heavy atom. The first-order chi connectivity index (χ1) is 10.7. The van der Waals surface area contributed by atoms with Crippen LogP contribution in [0.15, 0.2) is 24.3 Å². The molecule has 0 aromatic heterocycles. The monoisotopic (exact) mass is 312 g/mol. The third-order valence-corrected chi connectivity index (χ3v) is 5.52. The molecule has 1 amide bonds. The van der Waals surface area contributed by atoms with E-state index >= 15 is 0 Å². The quantitative estimate of drug-likeness (QED) is 0.914. The van der Waals surface area contributed by atoms with Crippen LogP contribution in [0.3, 0.4) is 0 Å². The number of benzene rings is 1. The van der Waals surface area contributed by atoms with Gasteiger partial charge in [0.15, 0.2) is 0 Å². The van der Waals surface area contributed by atoms with E-state index in [2.05, 4.69) is 33.8 Å². The SMILES string of the molecule is CC(C)C1CCC(C)(C)CC1(C(N)=O)c1ccc(CC#N)cc1. The van der Waals surface area contributed by atoms with Crippen molar-refractivity contribution < 1.29 is 4.79 Å². The van der Waals surface area contributed by atoms with Gasteiger partial charge in [0.1, 0.15) is 0 Å². The Morgan fingerprint density at radius 1 is 1.35 bits per heavy atom. The lowest BCUT2D eigenvalue weighted by molar-refractivity contribution is -0.130. The van der Waals surface area contributed by atoms with Crippen LogP contribution in [0.5, 0.6) is 0 Å². The van der Waals surface area contributed by atoms with Crippen LogP contribution in [-0.4, -0.2) is 5.91 Å². The van der Waals surface area contributed by atoms with Crippen LogP contribution in [0.2, 0.25) is 0 Å². The number of hydrogen-bond acceptors (Lipinski definition) is 2. The molecule has 2 unspecified atom stereocenters. The van der Waals surface area contributed by atoms with Crippen molar-refractivity contribution in [3.63, 3.8) is 0 Å². The number of nitrogens with two attached hydrogens (primary N) is 1. The largest absolute Gasteiger partial charge is 0.369 e. The summed E-state index contributed by atoms with van der Waals surface area (Å²) in [6.45, 7) is 8.83. The molecule has 1 aromatic carbocycles. The fourth-order valence-corrected chi connectivity index (χ4v) is 4.41. The number of carbonyl (C=O) groups is 1. The van der Waals surface area contributed by atoms with Gasteiger partial charge < -0.3 is 5.73 Å². The molecule has 0 heterocycles. The molecular weight excluding hydrogens is 284 g/mol. The van der Waals surface area contributed by atoms with Gasteiger partial charge in [0, 0.05) is 0 Å².